The molecule has 0 spiro atoms. The third-order valence-electron chi connectivity index (χ3n) is 2.54. The molecule has 0 unspecified atom stereocenters. The molecule has 0 aliphatic heterocycles. The van der Waals surface area contributed by atoms with Crippen LogP contribution in [0.4, 0.5) is 0 Å². The van der Waals surface area contributed by atoms with E-state index in [2.05, 4.69) is 9.97 Å². The number of rotatable bonds is 4. The topological polar surface area (TPSA) is 72.3 Å². The number of carbonyl (C=O) groups is 1. The molecule has 5 nitrogen and oxygen atoms in total. The normalized spacial score (nSPS) is 10.2. The first-order valence-corrected chi connectivity index (χ1v) is 5.87. The number of hydrogen-bond donors (Lipinski definition) is 1. The van der Waals surface area contributed by atoms with Crippen LogP contribution in [0.2, 0.25) is 5.02 Å². The Morgan fingerprint density at radius 1 is 1.47 bits per heavy atom. The lowest BCUT2D eigenvalue weighted by molar-refractivity contribution is 0.0692. The van der Waals surface area contributed by atoms with Crippen molar-refractivity contribution >= 4 is 17.6 Å². The van der Waals surface area contributed by atoms with Crippen molar-refractivity contribution in [3.8, 4) is 5.75 Å². The minimum atomic E-state index is -1.08. The summed E-state index contributed by atoms with van der Waals surface area (Å²) in [7, 11) is 0. The van der Waals surface area contributed by atoms with Gasteiger partial charge in [0, 0.05) is 11.2 Å². The second-order valence-corrected chi connectivity index (χ2v) is 4.32. The molecule has 1 aromatic heterocycles. The smallest absolute Gasteiger partial charge is 0.339 e. The second-order valence-electron chi connectivity index (χ2n) is 3.89. The van der Waals surface area contributed by atoms with Crippen molar-refractivity contribution in [1.82, 2.24) is 9.97 Å². The molecule has 1 N–H and O–H groups in total. The van der Waals surface area contributed by atoms with Gasteiger partial charge in [0.05, 0.1) is 5.69 Å². The Morgan fingerprint density at radius 3 is 3.00 bits per heavy atom. The van der Waals surface area contributed by atoms with Crippen molar-refractivity contribution in [2.24, 2.45) is 0 Å². The van der Waals surface area contributed by atoms with Gasteiger partial charge in [-0.2, -0.15) is 0 Å². The van der Waals surface area contributed by atoms with Gasteiger partial charge >= 0.3 is 5.97 Å². The standard InChI is InChI=1S/C13H11ClN2O3/c1-8-2-3-9(14)4-12(8)19-6-11-10(13(17)18)5-15-7-16-11/h2-5,7H,6H2,1H3,(H,17,18). The number of aromatic carboxylic acids is 1. The molecule has 98 valence electrons. The molecule has 19 heavy (non-hydrogen) atoms. The lowest BCUT2D eigenvalue weighted by Crippen LogP contribution is -2.08. The van der Waals surface area contributed by atoms with Crippen LogP contribution in [0.1, 0.15) is 21.6 Å². The molecular formula is C13H11ClN2O3. The highest BCUT2D eigenvalue weighted by Gasteiger charge is 2.12. The van der Waals surface area contributed by atoms with Crippen molar-refractivity contribution in [2.45, 2.75) is 13.5 Å². The Morgan fingerprint density at radius 2 is 2.26 bits per heavy atom. The predicted molar refractivity (Wildman–Crippen MR) is 69.5 cm³/mol. The monoisotopic (exact) mass is 278 g/mol. The molecule has 0 aliphatic rings. The van der Waals surface area contributed by atoms with Gasteiger partial charge in [-0.3, -0.25) is 0 Å². The maximum atomic E-state index is 11.0. The van der Waals surface area contributed by atoms with Crippen LogP contribution < -0.4 is 4.74 Å². The fourth-order valence-corrected chi connectivity index (χ4v) is 1.69. The number of aryl methyl sites for hydroxylation is 1. The van der Waals surface area contributed by atoms with Gasteiger partial charge in [-0.25, -0.2) is 14.8 Å². The van der Waals surface area contributed by atoms with Crippen molar-refractivity contribution in [3.05, 3.63) is 52.6 Å². The number of carboxylic acid groups (broad SMARTS) is 1. The van der Waals surface area contributed by atoms with Crippen LogP contribution in [-0.4, -0.2) is 21.0 Å². The first-order valence-electron chi connectivity index (χ1n) is 5.49. The predicted octanol–water partition coefficient (Wildman–Crippen LogP) is 2.72. The van der Waals surface area contributed by atoms with E-state index in [1.165, 1.54) is 12.5 Å². The van der Waals surface area contributed by atoms with E-state index < -0.39 is 5.97 Å². The minimum Gasteiger partial charge on any atom is -0.487 e. The lowest BCUT2D eigenvalue weighted by atomic mass is 10.2. The molecule has 0 atom stereocenters. The largest absolute Gasteiger partial charge is 0.487 e. The van der Waals surface area contributed by atoms with E-state index in [0.717, 1.165) is 5.56 Å². The van der Waals surface area contributed by atoms with Crippen LogP contribution in [0.25, 0.3) is 0 Å². The first-order chi connectivity index (χ1) is 9.08. The molecule has 0 bridgehead atoms. The average molecular weight is 279 g/mol. The Labute approximate surface area is 114 Å². The Hall–Kier alpha value is -2.14. The number of benzene rings is 1. The maximum absolute atomic E-state index is 11.0. The summed E-state index contributed by atoms with van der Waals surface area (Å²) in [6.45, 7) is 1.93. The zero-order chi connectivity index (χ0) is 13.8. The highest BCUT2D eigenvalue weighted by atomic mass is 35.5. The average Bonchev–Trinajstić information content (AvgIpc) is 2.40. The van der Waals surface area contributed by atoms with Crippen molar-refractivity contribution in [1.29, 1.82) is 0 Å². The van der Waals surface area contributed by atoms with E-state index in [1.807, 2.05) is 13.0 Å². The van der Waals surface area contributed by atoms with Gasteiger partial charge in [0.2, 0.25) is 0 Å². The highest BCUT2D eigenvalue weighted by molar-refractivity contribution is 6.30. The molecule has 1 aromatic carbocycles. The molecule has 0 fully saturated rings. The van der Waals surface area contributed by atoms with Gasteiger partial charge < -0.3 is 9.84 Å². The van der Waals surface area contributed by atoms with E-state index in [1.54, 1.807) is 12.1 Å². The van der Waals surface area contributed by atoms with Crippen molar-refractivity contribution < 1.29 is 14.6 Å². The summed E-state index contributed by atoms with van der Waals surface area (Å²) >= 11 is 5.88. The van der Waals surface area contributed by atoms with Gasteiger partial charge in [-0.15, -0.1) is 0 Å². The van der Waals surface area contributed by atoms with Crippen LogP contribution in [0.3, 0.4) is 0 Å². The second kappa shape index (κ2) is 5.67. The quantitative estimate of drug-likeness (QED) is 0.931. The van der Waals surface area contributed by atoms with Crippen LogP contribution >= 0.6 is 11.6 Å². The van der Waals surface area contributed by atoms with Crippen LogP contribution in [-0.2, 0) is 6.61 Å². The summed E-state index contributed by atoms with van der Waals surface area (Å²) in [6, 6.07) is 5.27. The molecule has 1 heterocycles. The Bertz CT molecular complexity index is 617. The van der Waals surface area contributed by atoms with E-state index in [-0.39, 0.29) is 12.2 Å². The Kier molecular flexibility index (Phi) is 3.97. The van der Waals surface area contributed by atoms with Gasteiger partial charge in [-0.05, 0) is 24.6 Å². The van der Waals surface area contributed by atoms with Gasteiger partial charge in [-0.1, -0.05) is 17.7 Å². The summed E-state index contributed by atoms with van der Waals surface area (Å²) < 4.78 is 5.56. The first kappa shape index (κ1) is 13.3. The SMILES string of the molecule is Cc1ccc(Cl)cc1OCc1ncncc1C(=O)O. The highest BCUT2D eigenvalue weighted by Crippen LogP contribution is 2.23. The maximum Gasteiger partial charge on any atom is 0.339 e. The zero-order valence-electron chi connectivity index (χ0n) is 10.1. The van der Waals surface area contributed by atoms with Crippen molar-refractivity contribution in [3.63, 3.8) is 0 Å². The van der Waals surface area contributed by atoms with Gasteiger partial charge in [0.15, 0.2) is 0 Å². The summed E-state index contributed by atoms with van der Waals surface area (Å²) in [5.74, 6) is -0.482. The number of nitrogens with zero attached hydrogens (tertiary/aromatic N) is 2. The third kappa shape index (κ3) is 3.20. The molecule has 2 rings (SSSR count). The van der Waals surface area contributed by atoms with Gasteiger partial charge in [0.25, 0.3) is 0 Å². The summed E-state index contributed by atoms with van der Waals surface area (Å²) in [4.78, 5) is 18.6. The summed E-state index contributed by atoms with van der Waals surface area (Å²) in [5, 5.41) is 9.56. The van der Waals surface area contributed by atoms with Crippen LogP contribution in [0.5, 0.6) is 5.75 Å². The van der Waals surface area contributed by atoms with E-state index >= 15 is 0 Å². The molecule has 0 saturated carbocycles. The fourth-order valence-electron chi connectivity index (χ4n) is 1.52. The molecule has 0 amide bonds. The van der Waals surface area contributed by atoms with Gasteiger partial charge in [0.1, 0.15) is 24.2 Å². The molecular weight excluding hydrogens is 268 g/mol. The zero-order valence-corrected chi connectivity index (χ0v) is 10.9. The van der Waals surface area contributed by atoms with E-state index in [9.17, 15) is 4.79 Å². The molecule has 0 aliphatic carbocycles. The summed E-state index contributed by atoms with van der Waals surface area (Å²) in [5.41, 5.74) is 1.26. The molecule has 6 heteroatoms. The molecule has 2 aromatic rings. The fraction of sp³-hybridized carbons (Fsp3) is 0.154. The van der Waals surface area contributed by atoms with E-state index in [4.69, 9.17) is 21.4 Å². The number of aromatic nitrogens is 2. The van der Waals surface area contributed by atoms with Crippen LogP contribution in [0, 0.1) is 6.92 Å². The molecule has 0 saturated heterocycles. The molecule has 0 radical (unpaired) electrons. The minimum absolute atomic E-state index is 0.0298. The number of carboxylic acids is 1. The van der Waals surface area contributed by atoms with Crippen LogP contribution in [0.15, 0.2) is 30.7 Å². The number of halogens is 1. The van der Waals surface area contributed by atoms with Crippen molar-refractivity contribution in [2.75, 3.05) is 0 Å². The number of ether oxygens (including phenoxy) is 1. The summed E-state index contributed by atoms with van der Waals surface area (Å²) in [6.07, 6.45) is 2.54. The Balaban J connectivity index is 2.19. The lowest BCUT2D eigenvalue weighted by Gasteiger charge is -2.10. The number of hydrogen-bond acceptors (Lipinski definition) is 4. The van der Waals surface area contributed by atoms with E-state index in [0.29, 0.717) is 16.5 Å². The third-order valence-corrected chi connectivity index (χ3v) is 2.77.